The minimum atomic E-state index is -0.750. The van der Waals surface area contributed by atoms with E-state index in [4.69, 9.17) is 0 Å². The number of carbonyl (C=O) groups is 2. The van der Waals surface area contributed by atoms with Crippen LogP contribution >= 0.6 is 23.5 Å². The molecule has 2 saturated heterocycles. The highest BCUT2D eigenvalue weighted by Crippen LogP contribution is 2.45. The summed E-state index contributed by atoms with van der Waals surface area (Å²) in [4.78, 5) is 25.6. The first-order chi connectivity index (χ1) is 11.1. The van der Waals surface area contributed by atoms with Crippen molar-refractivity contribution in [1.29, 1.82) is 0 Å². The number of aliphatic carboxylic acids is 1. The largest absolute Gasteiger partial charge is 0.481 e. The van der Waals surface area contributed by atoms with Gasteiger partial charge in [-0.25, -0.2) is 0 Å². The molecule has 0 spiro atoms. The summed E-state index contributed by atoms with van der Waals surface area (Å²) in [5, 5.41) is 9.18. The van der Waals surface area contributed by atoms with Crippen LogP contribution in [0, 0.1) is 11.8 Å². The van der Waals surface area contributed by atoms with Crippen LogP contribution in [0.5, 0.6) is 0 Å². The van der Waals surface area contributed by atoms with E-state index in [9.17, 15) is 14.7 Å². The van der Waals surface area contributed by atoms with Crippen LogP contribution in [0.25, 0.3) is 0 Å². The van der Waals surface area contributed by atoms with Crippen molar-refractivity contribution in [1.82, 2.24) is 4.90 Å². The third-order valence-electron chi connectivity index (χ3n) is 4.56. The number of hydrogen-bond donors (Lipinski definition) is 1. The first-order valence-corrected chi connectivity index (χ1v) is 10.0. The van der Waals surface area contributed by atoms with Gasteiger partial charge in [-0.05, 0) is 30.0 Å². The van der Waals surface area contributed by atoms with E-state index in [1.54, 1.807) is 4.90 Å². The molecule has 1 N–H and O–H groups in total. The number of hydrogen-bond acceptors (Lipinski definition) is 4. The molecule has 2 aliphatic heterocycles. The van der Waals surface area contributed by atoms with Crippen molar-refractivity contribution in [3.63, 3.8) is 0 Å². The number of benzene rings is 1. The molecule has 23 heavy (non-hydrogen) atoms. The van der Waals surface area contributed by atoms with E-state index in [1.807, 2.05) is 42.6 Å². The van der Waals surface area contributed by atoms with Crippen LogP contribution in [0.2, 0.25) is 0 Å². The summed E-state index contributed by atoms with van der Waals surface area (Å²) in [6.45, 7) is 2.96. The normalized spacial score (nSPS) is 25.5. The Bertz CT molecular complexity index is 584. The minimum Gasteiger partial charge on any atom is -0.481 e. The standard InChI is InChI=1S/C17H21NO3S2/c1-11-10-18(7-6-14(11)16(20)21)15(19)12-2-4-13(5-3-12)17-22-8-9-23-17/h2-5,11,14,17H,6-10H2,1H3,(H,20,21). The SMILES string of the molecule is CC1CN(C(=O)c2ccc(C3SCCS3)cc2)CCC1C(=O)O. The van der Waals surface area contributed by atoms with Gasteiger partial charge in [0.2, 0.25) is 0 Å². The Balaban J connectivity index is 1.65. The molecule has 0 bridgehead atoms. The van der Waals surface area contributed by atoms with Gasteiger partial charge in [0.05, 0.1) is 10.5 Å². The molecular formula is C17H21NO3S2. The molecule has 2 atom stereocenters. The Labute approximate surface area is 145 Å². The molecule has 1 amide bonds. The third kappa shape index (κ3) is 3.69. The van der Waals surface area contributed by atoms with E-state index in [0.717, 1.165) is 0 Å². The monoisotopic (exact) mass is 351 g/mol. The van der Waals surface area contributed by atoms with E-state index >= 15 is 0 Å². The van der Waals surface area contributed by atoms with Crippen molar-refractivity contribution in [2.75, 3.05) is 24.6 Å². The first kappa shape index (κ1) is 16.7. The maximum Gasteiger partial charge on any atom is 0.306 e. The Morgan fingerprint density at radius 3 is 2.39 bits per heavy atom. The summed E-state index contributed by atoms with van der Waals surface area (Å²) in [6.07, 6.45) is 0.537. The van der Waals surface area contributed by atoms with Crippen molar-refractivity contribution >= 4 is 35.4 Å². The van der Waals surface area contributed by atoms with Crippen molar-refractivity contribution < 1.29 is 14.7 Å². The van der Waals surface area contributed by atoms with Gasteiger partial charge in [0.15, 0.2) is 0 Å². The predicted molar refractivity (Wildman–Crippen MR) is 94.9 cm³/mol. The molecule has 0 aromatic heterocycles. The lowest BCUT2D eigenvalue weighted by Gasteiger charge is -2.35. The number of amides is 1. The molecule has 0 saturated carbocycles. The quantitative estimate of drug-likeness (QED) is 0.905. The zero-order valence-electron chi connectivity index (χ0n) is 13.1. The number of piperidine rings is 1. The summed E-state index contributed by atoms with van der Waals surface area (Å²) < 4.78 is 0.491. The second-order valence-electron chi connectivity index (χ2n) is 6.16. The number of carboxylic acids is 1. The fraction of sp³-hybridized carbons (Fsp3) is 0.529. The van der Waals surface area contributed by atoms with Gasteiger partial charge in [-0.2, -0.15) is 0 Å². The smallest absolute Gasteiger partial charge is 0.306 e. The molecule has 1 aromatic carbocycles. The van der Waals surface area contributed by atoms with Crippen LogP contribution in [0.3, 0.4) is 0 Å². The molecule has 2 aliphatic rings. The van der Waals surface area contributed by atoms with Gasteiger partial charge in [-0.15, -0.1) is 23.5 Å². The molecule has 3 rings (SSSR count). The van der Waals surface area contributed by atoms with Crippen LogP contribution < -0.4 is 0 Å². The molecule has 2 fully saturated rings. The van der Waals surface area contributed by atoms with Gasteiger partial charge in [0.25, 0.3) is 5.91 Å². The number of thioether (sulfide) groups is 2. The molecule has 0 radical (unpaired) electrons. The van der Waals surface area contributed by atoms with Crippen LogP contribution in [-0.2, 0) is 4.79 Å². The predicted octanol–water partition coefficient (Wildman–Crippen LogP) is 3.35. The number of nitrogens with zero attached hydrogens (tertiary/aromatic N) is 1. The summed E-state index contributed by atoms with van der Waals surface area (Å²) in [5.74, 6) is 1.30. The molecule has 0 aliphatic carbocycles. The van der Waals surface area contributed by atoms with E-state index in [1.165, 1.54) is 17.1 Å². The Hall–Kier alpha value is -1.14. The van der Waals surface area contributed by atoms with Crippen LogP contribution in [-0.4, -0.2) is 46.5 Å². The fourth-order valence-electron chi connectivity index (χ4n) is 3.21. The third-order valence-corrected chi connectivity index (χ3v) is 7.67. The average Bonchev–Trinajstić information content (AvgIpc) is 3.08. The first-order valence-electron chi connectivity index (χ1n) is 7.91. The van der Waals surface area contributed by atoms with Crippen molar-refractivity contribution in [2.45, 2.75) is 17.9 Å². The van der Waals surface area contributed by atoms with Gasteiger partial charge in [-0.1, -0.05) is 19.1 Å². The molecular weight excluding hydrogens is 330 g/mol. The van der Waals surface area contributed by atoms with E-state index in [-0.39, 0.29) is 17.7 Å². The summed E-state index contributed by atoms with van der Waals surface area (Å²) in [7, 11) is 0. The van der Waals surface area contributed by atoms with Gasteiger partial charge in [0, 0.05) is 30.2 Å². The number of likely N-dealkylation sites (tertiary alicyclic amines) is 1. The van der Waals surface area contributed by atoms with Crippen LogP contribution in [0.1, 0.15) is 33.8 Å². The molecule has 4 nitrogen and oxygen atoms in total. The molecule has 2 heterocycles. The summed E-state index contributed by atoms with van der Waals surface area (Å²) in [5.41, 5.74) is 1.97. The average molecular weight is 351 g/mol. The zero-order valence-corrected chi connectivity index (χ0v) is 14.7. The topological polar surface area (TPSA) is 57.6 Å². The molecule has 1 aromatic rings. The highest BCUT2D eigenvalue weighted by molar-refractivity contribution is 8.19. The van der Waals surface area contributed by atoms with Gasteiger partial charge >= 0.3 is 5.97 Å². The van der Waals surface area contributed by atoms with Gasteiger partial charge in [-0.3, -0.25) is 9.59 Å². The molecule has 124 valence electrons. The van der Waals surface area contributed by atoms with E-state index in [0.29, 0.717) is 29.7 Å². The van der Waals surface area contributed by atoms with E-state index < -0.39 is 5.97 Å². The summed E-state index contributed by atoms with van der Waals surface area (Å²) >= 11 is 3.91. The highest BCUT2D eigenvalue weighted by atomic mass is 32.2. The second kappa shape index (κ2) is 7.18. The van der Waals surface area contributed by atoms with Crippen LogP contribution in [0.15, 0.2) is 24.3 Å². The van der Waals surface area contributed by atoms with Crippen molar-refractivity contribution in [3.8, 4) is 0 Å². The lowest BCUT2D eigenvalue weighted by molar-refractivity contribution is -0.145. The highest BCUT2D eigenvalue weighted by Gasteiger charge is 2.33. The van der Waals surface area contributed by atoms with Gasteiger partial charge < -0.3 is 10.0 Å². The lowest BCUT2D eigenvalue weighted by atomic mass is 9.87. The molecule has 2 unspecified atom stereocenters. The summed E-state index contributed by atoms with van der Waals surface area (Å²) in [6, 6.07) is 7.92. The maximum absolute atomic E-state index is 12.6. The number of carboxylic acid groups (broad SMARTS) is 1. The zero-order chi connectivity index (χ0) is 16.4. The Kier molecular flexibility index (Phi) is 5.21. The second-order valence-corrected chi connectivity index (χ2v) is 8.88. The number of rotatable bonds is 3. The lowest BCUT2D eigenvalue weighted by Crippen LogP contribution is -2.45. The Morgan fingerprint density at radius 2 is 1.83 bits per heavy atom. The van der Waals surface area contributed by atoms with Crippen molar-refractivity contribution in [2.24, 2.45) is 11.8 Å². The Morgan fingerprint density at radius 1 is 1.17 bits per heavy atom. The maximum atomic E-state index is 12.6. The molecule has 6 heteroatoms. The van der Waals surface area contributed by atoms with Gasteiger partial charge in [0.1, 0.15) is 0 Å². The van der Waals surface area contributed by atoms with E-state index in [2.05, 4.69) is 12.1 Å². The minimum absolute atomic E-state index is 0.00392. The number of carbonyl (C=O) groups excluding carboxylic acids is 1. The van der Waals surface area contributed by atoms with Crippen molar-refractivity contribution in [3.05, 3.63) is 35.4 Å². The fourth-order valence-corrected chi connectivity index (χ4v) is 6.07. The van der Waals surface area contributed by atoms with Crippen LogP contribution in [0.4, 0.5) is 0 Å².